The lowest BCUT2D eigenvalue weighted by molar-refractivity contribution is 0.0953. The van der Waals surface area contributed by atoms with Crippen LogP contribution in [0.5, 0.6) is 0 Å². The highest BCUT2D eigenvalue weighted by molar-refractivity contribution is 5.95. The van der Waals surface area contributed by atoms with Crippen LogP contribution in [0, 0.1) is 6.92 Å². The Kier molecular flexibility index (Phi) is 4.26. The highest BCUT2D eigenvalue weighted by atomic mass is 16.3. The minimum Gasteiger partial charge on any atom is -0.469 e. The number of carbonyl (C=O) groups is 1. The topological polar surface area (TPSA) is 54.6 Å². The lowest BCUT2D eigenvalue weighted by Crippen LogP contribution is -2.17. The third-order valence-corrected chi connectivity index (χ3v) is 3.26. The van der Waals surface area contributed by atoms with Gasteiger partial charge < -0.3 is 4.42 Å². The van der Waals surface area contributed by atoms with Gasteiger partial charge in [-0.2, -0.15) is 5.10 Å². The second-order valence-electron chi connectivity index (χ2n) is 5.96. The number of benzene rings is 1. The molecule has 0 unspecified atom stereocenters. The van der Waals surface area contributed by atoms with Gasteiger partial charge in [0.2, 0.25) is 0 Å². The van der Waals surface area contributed by atoms with Crippen LogP contribution >= 0.6 is 0 Å². The van der Waals surface area contributed by atoms with Crippen LogP contribution in [0.2, 0.25) is 0 Å². The van der Waals surface area contributed by atoms with E-state index in [0.717, 1.165) is 5.56 Å². The summed E-state index contributed by atoms with van der Waals surface area (Å²) in [5, 5.41) is 3.96. The van der Waals surface area contributed by atoms with Crippen molar-refractivity contribution in [1.29, 1.82) is 0 Å². The van der Waals surface area contributed by atoms with Gasteiger partial charge in [0.05, 0.1) is 18.0 Å². The zero-order valence-electron chi connectivity index (χ0n) is 12.8. The SMILES string of the molecule is Cc1occc1C(=O)N/N=C\c1ccc(C(C)(C)C)cc1. The van der Waals surface area contributed by atoms with E-state index in [2.05, 4.69) is 43.4 Å². The van der Waals surface area contributed by atoms with Crippen molar-refractivity contribution in [1.82, 2.24) is 5.43 Å². The highest BCUT2D eigenvalue weighted by Gasteiger charge is 2.12. The fourth-order valence-corrected chi connectivity index (χ4v) is 1.92. The molecule has 0 radical (unpaired) electrons. The molecule has 0 aliphatic rings. The first-order valence-electron chi connectivity index (χ1n) is 6.86. The Balaban J connectivity index is 1.99. The smallest absolute Gasteiger partial charge is 0.274 e. The van der Waals surface area contributed by atoms with Crippen molar-refractivity contribution in [3.05, 3.63) is 59.0 Å². The standard InChI is InChI=1S/C17H20N2O2/c1-12-15(9-10-21-12)16(20)19-18-11-13-5-7-14(8-6-13)17(2,3)4/h5-11H,1-4H3,(H,19,20)/b18-11-. The Morgan fingerprint density at radius 1 is 1.19 bits per heavy atom. The molecule has 0 atom stereocenters. The minimum absolute atomic E-state index is 0.128. The van der Waals surface area contributed by atoms with Crippen molar-refractivity contribution < 1.29 is 9.21 Å². The number of carbonyl (C=O) groups excluding carboxylic acids is 1. The molecule has 0 aliphatic heterocycles. The van der Waals surface area contributed by atoms with Crippen molar-refractivity contribution in [2.24, 2.45) is 5.10 Å². The normalized spacial score (nSPS) is 11.8. The molecule has 0 fully saturated rings. The molecule has 2 aromatic rings. The molecule has 1 aromatic carbocycles. The van der Waals surface area contributed by atoms with Crippen molar-refractivity contribution in [2.75, 3.05) is 0 Å². The first-order chi connectivity index (χ1) is 9.88. The number of amides is 1. The van der Waals surface area contributed by atoms with E-state index in [1.165, 1.54) is 11.8 Å². The van der Waals surface area contributed by atoms with Gasteiger partial charge in [-0.05, 0) is 29.5 Å². The van der Waals surface area contributed by atoms with Crippen LogP contribution in [0.1, 0.15) is 48.0 Å². The zero-order valence-corrected chi connectivity index (χ0v) is 12.8. The highest BCUT2D eigenvalue weighted by Crippen LogP contribution is 2.21. The van der Waals surface area contributed by atoms with E-state index in [1.807, 2.05) is 12.1 Å². The Bertz CT molecular complexity index is 646. The van der Waals surface area contributed by atoms with Gasteiger partial charge >= 0.3 is 0 Å². The maximum Gasteiger partial charge on any atom is 0.274 e. The molecule has 0 aliphatic carbocycles. The van der Waals surface area contributed by atoms with Crippen LogP contribution < -0.4 is 5.43 Å². The summed E-state index contributed by atoms with van der Waals surface area (Å²) in [5.41, 5.74) is 5.31. The number of nitrogens with zero attached hydrogens (tertiary/aromatic N) is 1. The van der Waals surface area contributed by atoms with Crippen LogP contribution in [0.4, 0.5) is 0 Å². The number of furan rings is 1. The second-order valence-corrected chi connectivity index (χ2v) is 5.96. The summed E-state index contributed by atoms with van der Waals surface area (Å²) in [5.74, 6) is 0.307. The van der Waals surface area contributed by atoms with Gasteiger partial charge in [-0.25, -0.2) is 5.43 Å². The van der Waals surface area contributed by atoms with Gasteiger partial charge in [-0.3, -0.25) is 4.79 Å². The van der Waals surface area contributed by atoms with Crippen molar-refractivity contribution >= 4 is 12.1 Å². The summed E-state index contributed by atoms with van der Waals surface area (Å²) in [6.45, 7) is 8.25. The molecule has 1 heterocycles. The molecule has 0 saturated heterocycles. The zero-order chi connectivity index (χ0) is 15.5. The van der Waals surface area contributed by atoms with E-state index in [0.29, 0.717) is 11.3 Å². The number of rotatable bonds is 3. The fourth-order valence-electron chi connectivity index (χ4n) is 1.92. The third kappa shape index (κ3) is 3.81. The average molecular weight is 284 g/mol. The molecular formula is C17H20N2O2. The number of nitrogens with one attached hydrogen (secondary N) is 1. The second kappa shape index (κ2) is 5.95. The monoisotopic (exact) mass is 284 g/mol. The molecule has 0 spiro atoms. The Morgan fingerprint density at radius 3 is 2.38 bits per heavy atom. The predicted molar refractivity (Wildman–Crippen MR) is 83.6 cm³/mol. The Morgan fingerprint density at radius 2 is 1.86 bits per heavy atom. The van der Waals surface area contributed by atoms with E-state index >= 15 is 0 Å². The van der Waals surface area contributed by atoms with Crippen LogP contribution in [0.15, 0.2) is 46.1 Å². The molecule has 2 rings (SSSR count). The van der Waals surface area contributed by atoms with Crippen LogP contribution in [-0.2, 0) is 5.41 Å². The van der Waals surface area contributed by atoms with Gasteiger partial charge in [-0.1, -0.05) is 45.0 Å². The van der Waals surface area contributed by atoms with Crippen LogP contribution in [0.25, 0.3) is 0 Å². The predicted octanol–water partition coefficient (Wildman–Crippen LogP) is 3.65. The van der Waals surface area contributed by atoms with Crippen molar-refractivity contribution in [2.45, 2.75) is 33.1 Å². The van der Waals surface area contributed by atoms with Crippen molar-refractivity contribution in [3.63, 3.8) is 0 Å². The molecule has 1 N–H and O–H groups in total. The van der Waals surface area contributed by atoms with Gasteiger partial charge in [0.15, 0.2) is 0 Å². The number of hydrogen-bond acceptors (Lipinski definition) is 3. The molecule has 0 bridgehead atoms. The molecule has 1 amide bonds. The van der Waals surface area contributed by atoms with Gasteiger partial charge in [0, 0.05) is 0 Å². The first kappa shape index (κ1) is 15.0. The Hall–Kier alpha value is -2.36. The third-order valence-electron chi connectivity index (χ3n) is 3.26. The van der Waals surface area contributed by atoms with Crippen LogP contribution in [-0.4, -0.2) is 12.1 Å². The van der Waals surface area contributed by atoms with E-state index < -0.39 is 0 Å². The van der Waals surface area contributed by atoms with E-state index in [-0.39, 0.29) is 11.3 Å². The van der Waals surface area contributed by atoms with Gasteiger partial charge in [0.25, 0.3) is 5.91 Å². The average Bonchev–Trinajstić information content (AvgIpc) is 2.84. The Labute approximate surface area is 124 Å². The minimum atomic E-state index is -0.274. The first-order valence-corrected chi connectivity index (χ1v) is 6.86. The van der Waals surface area contributed by atoms with E-state index in [1.54, 1.807) is 19.2 Å². The fraction of sp³-hybridized carbons (Fsp3) is 0.294. The number of aryl methyl sites for hydroxylation is 1. The van der Waals surface area contributed by atoms with E-state index in [4.69, 9.17) is 4.42 Å². The summed E-state index contributed by atoms with van der Waals surface area (Å²) in [4.78, 5) is 11.8. The summed E-state index contributed by atoms with van der Waals surface area (Å²) >= 11 is 0. The lowest BCUT2D eigenvalue weighted by atomic mass is 9.87. The maximum atomic E-state index is 11.8. The molecule has 110 valence electrons. The quantitative estimate of drug-likeness (QED) is 0.691. The van der Waals surface area contributed by atoms with E-state index in [9.17, 15) is 4.79 Å². The summed E-state index contributed by atoms with van der Waals surface area (Å²) < 4.78 is 5.08. The molecule has 4 nitrogen and oxygen atoms in total. The molecule has 21 heavy (non-hydrogen) atoms. The maximum absolute atomic E-state index is 11.8. The van der Waals surface area contributed by atoms with Crippen LogP contribution in [0.3, 0.4) is 0 Å². The molecule has 0 saturated carbocycles. The largest absolute Gasteiger partial charge is 0.469 e. The summed E-state index contributed by atoms with van der Waals surface area (Å²) in [6, 6.07) is 9.74. The summed E-state index contributed by atoms with van der Waals surface area (Å²) in [6.07, 6.45) is 3.11. The lowest BCUT2D eigenvalue weighted by Gasteiger charge is -2.18. The molecular weight excluding hydrogens is 264 g/mol. The van der Waals surface area contributed by atoms with Crippen molar-refractivity contribution in [3.8, 4) is 0 Å². The van der Waals surface area contributed by atoms with Gasteiger partial charge in [0.1, 0.15) is 5.76 Å². The molecule has 1 aromatic heterocycles. The number of hydrazone groups is 1. The summed E-state index contributed by atoms with van der Waals surface area (Å²) in [7, 11) is 0. The molecule has 4 heteroatoms. The van der Waals surface area contributed by atoms with Gasteiger partial charge in [-0.15, -0.1) is 0 Å². The number of hydrogen-bond donors (Lipinski definition) is 1.